The minimum Gasteiger partial charge on any atom is -0.311 e. The van der Waals surface area contributed by atoms with E-state index in [1.165, 1.54) is 24.0 Å². The van der Waals surface area contributed by atoms with Gasteiger partial charge in [-0.15, -0.1) is 0 Å². The summed E-state index contributed by atoms with van der Waals surface area (Å²) in [5.41, 5.74) is 3.76. The lowest BCUT2D eigenvalue weighted by Gasteiger charge is -2.27. The zero-order chi connectivity index (χ0) is 15.9. The van der Waals surface area contributed by atoms with Crippen LogP contribution in [0, 0.1) is 5.92 Å². The van der Waals surface area contributed by atoms with Crippen molar-refractivity contribution in [2.75, 3.05) is 6.54 Å². The summed E-state index contributed by atoms with van der Waals surface area (Å²) in [4.78, 5) is 0. The van der Waals surface area contributed by atoms with E-state index in [9.17, 15) is 0 Å². The second kappa shape index (κ2) is 5.43. The topological polar surface area (TPSA) is 12.0 Å². The summed E-state index contributed by atoms with van der Waals surface area (Å²) in [6.45, 7) is 17.0. The summed E-state index contributed by atoms with van der Waals surface area (Å²) >= 11 is 0. The molecule has 1 heteroatoms. The molecule has 0 radical (unpaired) electrons. The molecule has 2 rings (SSSR count). The van der Waals surface area contributed by atoms with E-state index in [-0.39, 0.29) is 11.0 Å². The van der Waals surface area contributed by atoms with Gasteiger partial charge >= 0.3 is 0 Å². The van der Waals surface area contributed by atoms with E-state index >= 15 is 0 Å². The molecule has 0 heterocycles. The highest BCUT2D eigenvalue weighted by atomic mass is 15.0. The van der Waals surface area contributed by atoms with Crippen LogP contribution in [-0.4, -0.2) is 12.1 Å². The van der Waals surface area contributed by atoms with Crippen LogP contribution in [0.5, 0.6) is 0 Å². The van der Waals surface area contributed by atoms with Crippen LogP contribution in [0.15, 0.2) is 24.3 Å². The Hall–Kier alpha value is -0.820. The Balaban J connectivity index is 2.20. The molecule has 0 bridgehead atoms. The molecular weight excluding hydrogens is 254 g/mol. The average molecular weight is 287 g/mol. The third-order valence-electron chi connectivity index (χ3n) is 4.98. The van der Waals surface area contributed by atoms with Crippen molar-refractivity contribution < 1.29 is 0 Å². The van der Waals surface area contributed by atoms with Crippen LogP contribution < -0.4 is 5.32 Å². The first kappa shape index (κ1) is 16.5. The van der Waals surface area contributed by atoms with E-state index in [0.717, 1.165) is 12.5 Å². The molecule has 0 aromatic heterocycles. The summed E-state index contributed by atoms with van der Waals surface area (Å²) in [6.07, 6.45) is 2.62. The van der Waals surface area contributed by atoms with Crippen LogP contribution in [0.25, 0.3) is 0 Å². The van der Waals surface area contributed by atoms with Crippen LogP contribution in [0.2, 0.25) is 0 Å². The molecule has 1 aromatic carbocycles. The Labute approximate surface area is 131 Å². The van der Waals surface area contributed by atoms with Gasteiger partial charge in [-0.2, -0.15) is 0 Å². The summed E-state index contributed by atoms with van der Waals surface area (Å²) in [5, 5.41) is 3.73. The van der Waals surface area contributed by atoms with Gasteiger partial charge in [-0.1, -0.05) is 58.4 Å². The van der Waals surface area contributed by atoms with Crippen molar-refractivity contribution in [2.24, 2.45) is 5.92 Å². The van der Waals surface area contributed by atoms with Crippen LogP contribution in [0.4, 0.5) is 0 Å². The average Bonchev–Trinajstić information content (AvgIpc) is 3.10. The molecular formula is C20H33N. The second-order valence-electron chi connectivity index (χ2n) is 8.90. The first-order chi connectivity index (χ1) is 9.58. The van der Waals surface area contributed by atoms with Crippen molar-refractivity contribution in [2.45, 2.75) is 77.7 Å². The molecule has 1 aliphatic carbocycles. The lowest BCUT2D eigenvalue weighted by molar-refractivity contribution is 0.388. The predicted octanol–water partition coefficient (Wildman–Crippen LogP) is 5.04. The normalized spacial score (nSPS) is 26.0. The maximum Gasteiger partial charge on any atom is 0.0109 e. The maximum absolute atomic E-state index is 3.73. The minimum atomic E-state index is 0.194. The third-order valence-corrected chi connectivity index (χ3v) is 4.98. The Morgan fingerprint density at radius 1 is 1.05 bits per heavy atom. The smallest absolute Gasteiger partial charge is 0.0109 e. The van der Waals surface area contributed by atoms with E-state index in [1.807, 2.05) is 0 Å². The van der Waals surface area contributed by atoms with Gasteiger partial charge < -0.3 is 5.32 Å². The third kappa shape index (κ3) is 3.69. The Morgan fingerprint density at radius 2 is 1.62 bits per heavy atom. The molecule has 1 saturated carbocycles. The molecule has 1 aromatic rings. The van der Waals surface area contributed by atoms with Crippen molar-refractivity contribution in [1.29, 1.82) is 0 Å². The van der Waals surface area contributed by atoms with Gasteiger partial charge in [-0.25, -0.2) is 0 Å². The monoisotopic (exact) mass is 287 g/mol. The van der Waals surface area contributed by atoms with Gasteiger partial charge in [-0.05, 0) is 49.7 Å². The van der Waals surface area contributed by atoms with Gasteiger partial charge in [0.1, 0.15) is 0 Å². The predicted molar refractivity (Wildman–Crippen MR) is 93.0 cm³/mol. The Bertz CT molecular complexity index is 472. The Kier molecular flexibility index (Phi) is 4.28. The lowest BCUT2D eigenvalue weighted by atomic mass is 9.84. The first-order valence-corrected chi connectivity index (χ1v) is 8.44. The number of hydrogen-bond acceptors (Lipinski definition) is 1. The molecule has 0 spiro atoms. The molecule has 118 valence electrons. The quantitative estimate of drug-likeness (QED) is 0.818. The van der Waals surface area contributed by atoms with Gasteiger partial charge in [0, 0.05) is 17.5 Å². The summed E-state index contributed by atoms with van der Waals surface area (Å²) in [6, 6.07) is 9.42. The molecule has 1 N–H and O–H groups in total. The van der Waals surface area contributed by atoms with E-state index in [4.69, 9.17) is 0 Å². The molecule has 0 aliphatic heterocycles. The van der Waals surface area contributed by atoms with Crippen molar-refractivity contribution >= 4 is 0 Å². The highest BCUT2D eigenvalue weighted by Gasteiger charge is 2.53. The molecule has 2 unspecified atom stereocenters. The van der Waals surface area contributed by atoms with Gasteiger partial charge in [0.15, 0.2) is 0 Å². The van der Waals surface area contributed by atoms with Crippen molar-refractivity contribution in [3.05, 3.63) is 35.4 Å². The molecule has 21 heavy (non-hydrogen) atoms. The van der Waals surface area contributed by atoms with E-state index in [2.05, 4.69) is 78.0 Å². The summed E-state index contributed by atoms with van der Waals surface area (Å²) in [5.74, 6) is 0.841. The molecule has 0 amide bonds. The van der Waals surface area contributed by atoms with Gasteiger partial charge in [0.25, 0.3) is 0 Å². The largest absolute Gasteiger partial charge is 0.311 e. The van der Waals surface area contributed by atoms with Crippen molar-refractivity contribution in [3.63, 3.8) is 0 Å². The van der Waals surface area contributed by atoms with Gasteiger partial charge in [0.2, 0.25) is 0 Å². The van der Waals surface area contributed by atoms with Gasteiger partial charge in [0.05, 0.1) is 0 Å². The Morgan fingerprint density at radius 3 is 2.00 bits per heavy atom. The highest BCUT2D eigenvalue weighted by Crippen LogP contribution is 2.55. The lowest BCUT2D eigenvalue weighted by Crippen LogP contribution is -2.41. The molecule has 0 saturated heterocycles. The SMILES string of the molecule is CCC1CC1(CNC(C)(C)C)c1ccc(C(C)(C)C)cc1. The van der Waals surface area contributed by atoms with E-state index in [0.29, 0.717) is 5.41 Å². The van der Waals surface area contributed by atoms with Crippen molar-refractivity contribution in [1.82, 2.24) is 5.32 Å². The zero-order valence-corrected chi connectivity index (χ0v) is 15.0. The van der Waals surface area contributed by atoms with E-state index < -0.39 is 0 Å². The fourth-order valence-electron chi connectivity index (χ4n) is 3.31. The maximum atomic E-state index is 3.73. The number of nitrogens with one attached hydrogen (secondary N) is 1. The number of rotatable bonds is 4. The standard InChI is InChI=1S/C20H33N/c1-8-15-13-20(15,14-21-19(5,6)7)17-11-9-16(10-12-17)18(2,3)4/h9-12,15,21H,8,13-14H2,1-7H3. The van der Waals surface area contributed by atoms with Gasteiger partial charge in [-0.3, -0.25) is 0 Å². The molecule has 1 nitrogen and oxygen atoms in total. The number of benzene rings is 1. The van der Waals surface area contributed by atoms with Crippen LogP contribution in [-0.2, 0) is 10.8 Å². The van der Waals surface area contributed by atoms with E-state index in [1.54, 1.807) is 0 Å². The first-order valence-electron chi connectivity index (χ1n) is 8.44. The summed E-state index contributed by atoms with van der Waals surface area (Å²) < 4.78 is 0. The molecule has 1 fully saturated rings. The zero-order valence-electron chi connectivity index (χ0n) is 15.0. The van der Waals surface area contributed by atoms with Crippen LogP contribution >= 0.6 is 0 Å². The fraction of sp³-hybridized carbons (Fsp3) is 0.700. The molecule has 2 atom stereocenters. The number of hydrogen-bond donors (Lipinski definition) is 1. The van der Waals surface area contributed by atoms with Crippen molar-refractivity contribution in [3.8, 4) is 0 Å². The molecule has 1 aliphatic rings. The highest BCUT2D eigenvalue weighted by molar-refractivity contribution is 5.38. The minimum absolute atomic E-state index is 0.194. The van der Waals surface area contributed by atoms with Crippen LogP contribution in [0.1, 0.15) is 72.4 Å². The second-order valence-corrected chi connectivity index (χ2v) is 8.90. The van der Waals surface area contributed by atoms with Crippen LogP contribution in [0.3, 0.4) is 0 Å². The fourth-order valence-corrected chi connectivity index (χ4v) is 3.31. The summed E-state index contributed by atoms with van der Waals surface area (Å²) in [7, 11) is 0.